The van der Waals surface area contributed by atoms with Gasteiger partial charge in [0.05, 0.1) is 0 Å². The Balaban J connectivity index is 1.80. The van der Waals surface area contributed by atoms with Crippen molar-refractivity contribution in [3.63, 3.8) is 0 Å². The van der Waals surface area contributed by atoms with Crippen LogP contribution in [0.4, 0.5) is 0 Å². The summed E-state index contributed by atoms with van der Waals surface area (Å²) in [5, 5.41) is 3.43. The topological polar surface area (TPSA) is 32.3 Å². The van der Waals surface area contributed by atoms with E-state index < -0.39 is 0 Å². The maximum Gasteiger partial charge on any atom is 0.222 e. The van der Waals surface area contributed by atoms with Crippen LogP contribution in [0.5, 0.6) is 0 Å². The Bertz CT molecular complexity index is 435. The van der Waals surface area contributed by atoms with Gasteiger partial charge in [0.15, 0.2) is 0 Å². The highest BCUT2D eigenvalue weighted by atomic mass is 16.2. The third-order valence-corrected chi connectivity index (χ3v) is 4.36. The van der Waals surface area contributed by atoms with Crippen LogP contribution in [-0.2, 0) is 11.2 Å². The van der Waals surface area contributed by atoms with Gasteiger partial charge >= 0.3 is 0 Å². The number of aryl methyl sites for hydroxylation is 2. The summed E-state index contributed by atoms with van der Waals surface area (Å²) in [6, 6.07) is 8.49. The van der Waals surface area contributed by atoms with E-state index in [-0.39, 0.29) is 0 Å². The van der Waals surface area contributed by atoms with Gasteiger partial charge in [0, 0.05) is 19.5 Å². The molecule has 3 nitrogen and oxygen atoms in total. The zero-order valence-corrected chi connectivity index (χ0v) is 13.4. The maximum absolute atomic E-state index is 12.4. The fraction of sp³-hybridized carbons (Fsp3) is 0.611. The molecule has 1 saturated heterocycles. The average molecular weight is 288 g/mol. The molecule has 21 heavy (non-hydrogen) atoms. The van der Waals surface area contributed by atoms with Crippen molar-refractivity contribution in [3.05, 3.63) is 35.4 Å². The molecule has 0 aromatic heterocycles. The molecule has 1 aliphatic rings. The van der Waals surface area contributed by atoms with Crippen molar-refractivity contribution < 1.29 is 4.79 Å². The van der Waals surface area contributed by atoms with Crippen LogP contribution in [0, 0.1) is 12.8 Å². The number of nitrogens with zero attached hydrogens (tertiary/aromatic N) is 1. The van der Waals surface area contributed by atoms with Crippen molar-refractivity contribution >= 4 is 5.91 Å². The molecule has 0 spiro atoms. The molecule has 1 aliphatic heterocycles. The molecule has 1 unspecified atom stereocenters. The van der Waals surface area contributed by atoms with Crippen molar-refractivity contribution in [1.29, 1.82) is 0 Å². The SMILES string of the molecule is CCN(CC1CCCNC1)C(=O)CCc1ccc(C)cc1. The molecule has 0 bridgehead atoms. The second kappa shape index (κ2) is 8.18. The van der Waals surface area contributed by atoms with E-state index in [1.165, 1.54) is 24.0 Å². The number of amides is 1. The highest BCUT2D eigenvalue weighted by Crippen LogP contribution is 2.13. The monoisotopic (exact) mass is 288 g/mol. The fourth-order valence-corrected chi connectivity index (χ4v) is 2.96. The van der Waals surface area contributed by atoms with E-state index in [9.17, 15) is 4.79 Å². The fourth-order valence-electron chi connectivity index (χ4n) is 2.96. The predicted molar refractivity (Wildman–Crippen MR) is 87.3 cm³/mol. The zero-order chi connectivity index (χ0) is 15.1. The minimum Gasteiger partial charge on any atom is -0.343 e. The summed E-state index contributed by atoms with van der Waals surface area (Å²) in [5.41, 5.74) is 2.52. The Labute approximate surface area is 128 Å². The Morgan fingerprint density at radius 2 is 2.10 bits per heavy atom. The molecule has 3 heteroatoms. The molecule has 0 radical (unpaired) electrons. The normalized spacial score (nSPS) is 18.5. The van der Waals surface area contributed by atoms with Crippen LogP contribution in [-0.4, -0.2) is 37.0 Å². The minimum atomic E-state index is 0.295. The van der Waals surface area contributed by atoms with E-state index in [4.69, 9.17) is 0 Å². The van der Waals surface area contributed by atoms with Gasteiger partial charge in [-0.1, -0.05) is 29.8 Å². The minimum absolute atomic E-state index is 0.295. The average Bonchev–Trinajstić information content (AvgIpc) is 2.52. The van der Waals surface area contributed by atoms with Crippen molar-refractivity contribution in [3.8, 4) is 0 Å². The van der Waals surface area contributed by atoms with Crippen LogP contribution in [0.15, 0.2) is 24.3 Å². The van der Waals surface area contributed by atoms with Crippen molar-refractivity contribution in [2.45, 2.75) is 39.5 Å². The van der Waals surface area contributed by atoms with Crippen LogP contribution in [0.25, 0.3) is 0 Å². The van der Waals surface area contributed by atoms with Crippen LogP contribution < -0.4 is 5.32 Å². The van der Waals surface area contributed by atoms with Gasteiger partial charge in [-0.15, -0.1) is 0 Å². The van der Waals surface area contributed by atoms with E-state index in [1.807, 2.05) is 4.90 Å². The maximum atomic E-state index is 12.4. The lowest BCUT2D eigenvalue weighted by Crippen LogP contribution is -2.41. The second-order valence-corrected chi connectivity index (χ2v) is 6.13. The number of carbonyl (C=O) groups excluding carboxylic acids is 1. The largest absolute Gasteiger partial charge is 0.343 e. The van der Waals surface area contributed by atoms with Crippen molar-refractivity contribution in [2.75, 3.05) is 26.2 Å². The Kier molecular flexibility index (Phi) is 6.24. The first kappa shape index (κ1) is 16.0. The van der Waals surface area contributed by atoms with E-state index >= 15 is 0 Å². The molecular formula is C18H28N2O. The lowest BCUT2D eigenvalue weighted by Gasteiger charge is -2.29. The standard InChI is InChI=1S/C18H28N2O/c1-3-20(14-17-5-4-12-19-13-17)18(21)11-10-16-8-6-15(2)7-9-16/h6-9,17,19H,3-5,10-14H2,1-2H3. The molecular weight excluding hydrogens is 260 g/mol. The van der Waals surface area contributed by atoms with Crippen molar-refractivity contribution in [2.24, 2.45) is 5.92 Å². The Hall–Kier alpha value is -1.35. The van der Waals surface area contributed by atoms with Crippen molar-refractivity contribution in [1.82, 2.24) is 10.2 Å². The predicted octanol–water partition coefficient (Wildman–Crippen LogP) is 2.78. The molecule has 0 aliphatic carbocycles. The highest BCUT2D eigenvalue weighted by Gasteiger charge is 2.19. The number of hydrogen-bond donors (Lipinski definition) is 1. The lowest BCUT2D eigenvalue weighted by molar-refractivity contribution is -0.131. The van der Waals surface area contributed by atoms with Gasteiger partial charge in [0.25, 0.3) is 0 Å². The van der Waals surface area contributed by atoms with Gasteiger partial charge in [-0.25, -0.2) is 0 Å². The summed E-state index contributed by atoms with van der Waals surface area (Å²) in [6.07, 6.45) is 3.95. The van der Waals surface area contributed by atoms with Gasteiger partial charge in [-0.05, 0) is 57.7 Å². The third-order valence-electron chi connectivity index (χ3n) is 4.36. The molecule has 0 saturated carbocycles. The number of rotatable bonds is 6. The number of piperidine rings is 1. The van der Waals surface area contributed by atoms with E-state index in [0.29, 0.717) is 18.2 Å². The summed E-state index contributed by atoms with van der Waals surface area (Å²) in [5.74, 6) is 0.922. The Morgan fingerprint density at radius 1 is 1.33 bits per heavy atom. The van der Waals surface area contributed by atoms with E-state index in [2.05, 4.69) is 43.4 Å². The first-order valence-corrected chi connectivity index (χ1v) is 8.23. The lowest BCUT2D eigenvalue weighted by atomic mass is 9.98. The van der Waals surface area contributed by atoms with Gasteiger partial charge in [0.1, 0.15) is 0 Å². The van der Waals surface area contributed by atoms with E-state index in [1.54, 1.807) is 0 Å². The summed E-state index contributed by atoms with van der Waals surface area (Å²) >= 11 is 0. The van der Waals surface area contributed by atoms with Gasteiger partial charge < -0.3 is 10.2 Å². The molecule has 1 amide bonds. The van der Waals surface area contributed by atoms with Gasteiger partial charge in [-0.2, -0.15) is 0 Å². The first-order valence-electron chi connectivity index (χ1n) is 8.23. The molecule has 1 aromatic rings. The molecule has 1 heterocycles. The molecule has 1 atom stereocenters. The summed E-state index contributed by atoms with van der Waals surface area (Å²) in [4.78, 5) is 14.4. The summed E-state index contributed by atoms with van der Waals surface area (Å²) in [6.45, 7) is 8.09. The second-order valence-electron chi connectivity index (χ2n) is 6.13. The van der Waals surface area contributed by atoms with Crippen LogP contribution >= 0.6 is 0 Å². The smallest absolute Gasteiger partial charge is 0.222 e. The van der Waals surface area contributed by atoms with Crippen LogP contribution in [0.2, 0.25) is 0 Å². The number of nitrogens with one attached hydrogen (secondary N) is 1. The molecule has 1 fully saturated rings. The number of benzene rings is 1. The zero-order valence-electron chi connectivity index (χ0n) is 13.4. The summed E-state index contributed by atoms with van der Waals surface area (Å²) in [7, 11) is 0. The number of carbonyl (C=O) groups is 1. The van der Waals surface area contributed by atoms with Gasteiger partial charge in [0.2, 0.25) is 5.91 Å². The van der Waals surface area contributed by atoms with Crippen LogP contribution in [0.1, 0.15) is 37.3 Å². The molecule has 2 rings (SSSR count). The quantitative estimate of drug-likeness (QED) is 0.873. The third kappa shape index (κ3) is 5.16. The number of hydrogen-bond acceptors (Lipinski definition) is 2. The molecule has 1 N–H and O–H groups in total. The van der Waals surface area contributed by atoms with Crippen LogP contribution in [0.3, 0.4) is 0 Å². The first-order chi connectivity index (χ1) is 10.2. The summed E-state index contributed by atoms with van der Waals surface area (Å²) < 4.78 is 0. The molecule has 1 aromatic carbocycles. The molecule has 116 valence electrons. The van der Waals surface area contributed by atoms with Gasteiger partial charge in [-0.3, -0.25) is 4.79 Å². The highest BCUT2D eigenvalue weighted by molar-refractivity contribution is 5.76. The van der Waals surface area contributed by atoms with E-state index in [0.717, 1.165) is 32.6 Å². The Morgan fingerprint density at radius 3 is 2.71 bits per heavy atom.